The Morgan fingerprint density at radius 3 is 2.65 bits per heavy atom. The van der Waals surface area contributed by atoms with Gasteiger partial charge >= 0.3 is 5.97 Å². The summed E-state index contributed by atoms with van der Waals surface area (Å²) in [5, 5.41) is 18.0. The van der Waals surface area contributed by atoms with Gasteiger partial charge in [-0.1, -0.05) is 41.6 Å². The van der Waals surface area contributed by atoms with E-state index in [1.165, 1.54) is 6.07 Å². The summed E-state index contributed by atoms with van der Waals surface area (Å²) in [7, 11) is 0. The number of halogens is 2. The molecule has 0 saturated carbocycles. The zero-order chi connectivity index (χ0) is 18.3. The topological polar surface area (TPSA) is 72.4 Å². The van der Waals surface area contributed by atoms with Crippen molar-refractivity contribution in [3.05, 3.63) is 58.9 Å². The molecule has 0 radical (unpaired) electrons. The molecular formula is C17H12ClFN4O2S. The highest BCUT2D eigenvalue weighted by atomic mass is 35.5. The van der Waals surface area contributed by atoms with Crippen LogP contribution in [0.25, 0.3) is 16.8 Å². The van der Waals surface area contributed by atoms with Crippen LogP contribution in [0.2, 0.25) is 5.02 Å². The number of imidazole rings is 1. The molecule has 0 unspecified atom stereocenters. The average molecular weight is 391 g/mol. The standard InChI is InChI=1S/C17H12ClFN4O2S/c18-11-4-3-5-12(19)10(11)8-22-13-6-1-2-7-14(13)23-16(22)20-21-17(23)26-9-15(24)25/h1-7H,8-9H2,(H,24,25). The quantitative estimate of drug-likeness (QED) is 0.526. The van der Waals surface area contributed by atoms with Crippen LogP contribution in [0.5, 0.6) is 0 Å². The first-order valence-corrected chi connectivity index (χ1v) is 9.02. The van der Waals surface area contributed by atoms with Crippen LogP contribution >= 0.6 is 23.4 Å². The summed E-state index contributed by atoms with van der Waals surface area (Å²) in [5.41, 5.74) is 2.00. The molecule has 9 heteroatoms. The lowest BCUT2D eigenvalue weighted by atomic mass is 10.2. The molecule has 0 aliphatic rings. The maximum Gasteiger partial charge on any atom is 0.313 e. The smallest absolute Gasteiger partial charge is 0.313 e. The number of aliphatic carboxylic acids is 1. The number of aromatic nitrogens is 4. The third-order valence-corrected chi connectivity index (χ3v) is 5.24. The van der Waals surface area contributed by atoms with Crippen LogP contribution in [0.3, 0.4) is 0 Å². The van der Waals surface area contributed by atoms with Gasteiger partial charge in [0, 0.05) is 10.6 Å². The van der Waals surface area contributed by atoms with Gasteiger partial charge < -0.3 is 9.67 Å². The van der Waals surface area contributed by atoms with Gasteiger partial charge in [-0.05, 0) is 24.3 Å². The van der Waals surface area contributed by atoms with Gasteiger partial charge in [0.2, 0.25) is 5.78 Å². The first-order chi connectivity index (χ1) is 12.6. The van der Waals surface area contributed by atoms with Gasteiger partial charge in [0.25, 0.3) is 0 Å². The van der Waals surface area contributed by atoms with E-state index in [0.717, 1.165) is 22.8 Å². The highest BCUT2D eigenvalue weighted by Crippen LogP contribution is 2.28. The highest BCUT2D eigenvalue weighted by molar-refractivity contribution is 7.99. The first kappa shape index (κ1) is 16.9. The zero-order valence-electron chi connectivity index (χ0n) is 13.3. The van der Waals surface area contributed by atoms with Crippen molar-refractivity contribution >= 4 is 46.1 Å². The van der Waals surface area contributed by atoms with Gasteiger partial charge in [0.05, 0.1) is 23.3 Å². The minimum absolute atomic E-state index is 0.126. The minimum atomic E-state index is -0.936. The predicted molar refractivity (Wildman–Crippen MR) is 97.4 cm³/mol. The van der Waals surface area contributed by atoms with Crippen LogP contribution in [-0.4, -0.2) is 36.0 Å². The average Bonchev–Trinajstić information content (AvgIpc) is 3.15. The molecule has 132 valence electrons. The Morgan fingerprint density at radius 2 is 1.92 bits per heavy atom. The third-order valence-electron chi connectivity index (χ3n) is 3.97. The SMILES string of the molecule is O=C(O)CSc1nnc2n(Cc3c(F)cccc3Cl)c3ccccc3n12. The van der Waals surface area contributed by atoms with Gasteiger partial charge in [-0.3, -0.25) is 9.20 Å². The second kappa shape index (κ2) is 6.62. The number of thioether (sulfide) groups is 1. The van der Waals surface area contributed by atoms with E-state index in [4.69, 9.17) is 16.7 Å². The number of hydrogen-bond acceptors (Lipinski definition) is 4. The number of fused-ring (bicyclic) bond motifs is 3. The largest absolute Gasteiger partial charge is 0.481 e. The molecule has 0 saturated heterocycles. The highest BCUT2D eigenvalue weighted by Gasteiger charge is 2.19. The van der Waals surface area contributed by atoms with Gasteiger partial charge in [0.15, 0.2) is 5.16 Å². The molecule has 0 atom stereocenters. The molecule has 2 aromatic carbocycles. The summed E-state index contributed by atoms with van der Waals surface area (Å²) in [6, 6.07) is 12.1. The van der Waals surface area contributed by atoms with E-state index in [1.54, 1.807) is 16.5 Å². The molecule has 2 heterocycles. The fourth-order valence-electron chi connectivity index (χ4n) is 2.85. The first-order valence-electron chi connectivity index (χ1n) is 7.66. The van der Waals surface area contributed by atoms with Crippen molar-refractivity contribution in [2.45, 2.75) is 11.7 Å². The Balaban J connectivity index is 1.90. The number of carboxylic acids is 1. The van der Waals surface area contributed by atoms with Crippen LogP contribution in [0.15, 0.2) is 47.6 Å². The summed E-state index contributed by atoms with van der Waals surface area (Å²) in [4.78, 5) is 10.9. The van der Waals surface area contributed by atoms with Crippen molar-refractivity contribution in [2.75, 3.05) is 5.75 Å². The summed E-state index contributed by atoms with van der Waals surface area (Å²) in [6.45, 7) is 0.185. The summed E-state index contributed by atoms with van der Waals surface area (Å²) in [6.07, 6.45) is 0. The Kier molecular flexibility index (Phi) is 4.29. The molecule has 0 amide bonds. The van der Waals surface area contributed by atoms with Crippen LogP contribution in [0.1, 0.15) is 5.56 Å². The lowest BCUT2D eigenvalue weighted by Gasteiger charge is -2.08. The van der Waals surface area contributed by atoms with Crippen LogP contribution < -0.4 is 0 Å². The molecule has 0 spiro atoms. The Bertz CT molecular complexity index is 1120. The Hall–Kier alpha value is -2.58. The van der Waals surface area contributed by atoms with Gasteiger partial charge in [-0.2, -0.15) is 0 Å². The molecule has 2 aromatic heterocycles. The number of nitrogens with zero attached hydrogens (tertiary/aromatic N) is 4. The number of carboxylic acid groups (broad SMARTS) is 1. The lowest BCUT2D eigenvalue weighted by Crippen LogP contribution is -2.03. The summed E-state index contributed by atoms with van der Waals surface area (Å²) < 4.78 is 17.8. The van der Waals surface area contributed by atoms with E-state index in [-0.39, 0.29) is 12.3 Å². The molecule has 4 aromatic rings. The maximum absolute atomic E-state index is 14.2. The third kappa shape index (κ3) is 2.81. The molecule has 0 bridgehead atoms. The molecule has 0 aliphatic carbocycles. The number of hydrogen-bond donors (Lipinski definition) is 1. The molecule has 0 aliphatic heterocycles. The van der Waals surface area contributed by atoms with Crippen LogP contribution in [0, 0.1) is 5.82 Å². The molecular weight excluding hydrogens is 379 g/mol. The Labute approximate surface area is 156 Å². The number of carbonyl (C=O) groups is 1. The molecule has 1 N–H and O–H groups in total. The van der Waals surface area contributed by atoms with Crippen molar-refractivity contribution in [3.63, 3.8) is 0 Å². The van der Waals surface area contributed by atoms with E-state index in [9.17, 15) is 9.18 Å². The van der Waals surface area contributed by atoms with Crippen molar-refractivity contribution in [2.24, 2.45) is 0 Å². The number of benzene rings is 2. The van der Waals surface area contributed by atoms with E-state index in [2.05, 4.69) is 10.2 Å². The van der Waals surface area contributed by atoms with Crippen molar-refractivity contribution in [3.8, 4) is 0 Å². The van der Waals surface area contributed by atoms with E-state index in [1.807, 2.05) is 28.8 Å². The van der Waals surface area contributed by atoms with E-state index in [0.29, 0.717) is 21.5 Å². The molecule has 4 rings (SSSR count). The fraction of sp³-hybridized carbons (Fsp3) is 0.118. The molecule has 26 heavy (non-hydrogen) atoms. The lowest BCUT2D eigenvalue weighted by molar-refractivity contribution is -0.133. The predicted octanol–water partition coefficient (Wildman–Crippen LogP) is 3.70. The number of rotatable bonds is 5. The molecule has 6 nitrogen and oxygen atoms in total. The normalized spacial score (nSPS) is 11.5. The Morgan fingerprint density at radius 1 is 1.15 bits per heavy atom. The van der Waals surface area contributed by atoms with Crippen molar-refractivity contribution < 1.29 is 14.3 Å². The van der Waals surface area contributed by atoms with Crippen molar-refractivity contribution in [1.29, 1.82) is 0 Å². The van der Waals surface area contributed by atoms with E-state index < -0.39 is 11.8 Å². The van der Waals surface area contributed by atoms with Crippen LogP contribution in [0.4, 0.5) is 4.39 Å². The fourth-order valence-corrected chi connectivity index (χ4v) is 3.74. The number of para-hydroxylation sites is 2. The second-order valence-corrected chi connectivity index (χ2v) is 6.93. The minimum Gasteiger partial charge on any atom is -0.481 e. The summed E-state index contributed by atoms with van der Waals surface area (Å²) in [5.74, 6) is -0.958. The van der Waals surface area contributed by atoms with Gasteiger partial charge in [-0.25, -0.2) is 4.39 Å². The van der Waals surface area contributed by atoms with Crippen LogP contribution in [-0.2, 0) is 11.3 Å². The maximum atomic E-state index is 14.2. The molecule has 0 fully saturated rings. The van der Waals surface area contributed by atoms with Gasteiger partial charge in [0.1, 0.15) is 5.82 Å². The second-order valence-electron chi connectivity index (χ2n) is 5.58. The van der Waals surface area contributed by atoms with Gasteiger partial charge in [-0.15, -0.1) is 10.2 Å². The summed E-state index contributed by atoms with van der Waals surface area (Å²) >= 11 is 7.25. The monoisotopic (exact) mass is 390 g/mol. The zero-order valence-corrected chi connectivity index (χ0v) is 14.8. The van der Waals surface area contributed by atoms with Crippen molar-refractivity contribution in [1.82, 2.24) is 19.2 Å². The van der Waals surface area contributed by atoms with E-state index >= 15 is 0 Å².